The predicted molar refractivity (Wildman–Crippen MR) is 51.7 cm³/mol. The molecule has 1 rings (SSSR count). The van der Waals surface area contributed by atoms with E-state index in [9.17, 15) is 31.1 Å². The number of hydrogen-bond donors (Lipinski definition) is 0. The van der Waals surface area contributed by atoms with E-state index < -0.39 is 30.0 Å². The normalized spacial score (nSPS) is 26.4. The summed E-state index contributed by atoms with van der Waals surface area (Å²) in [7, 11) is 0. The molecular weight excluding hydrogens is 262 g/mol. The highest BCUT2D eigenvalue weighted by Gasteiger charge is 2.61. The van der Waals surface area contributed by atoms with E-state index in [-0.39, 0.29) is 18.8 Å². The number of Topliss-reactive ketones (excluding diaryl/α,β-unsaturated/α-hetero) is 1. The van der Waals surface area contributed by atoms with Gasteiger partial charge in [-0.3, -0.25) is 4.79 Å². The topological polar surface area (TPSA) is 17.1 Å². The second kappa shape index (κ2) is 5.09. The zero-order valence-corrected chi connectivity index (χ0v) is 9.74. The molecule has 1 aliphatic carbocycles. The largest absolute Gasteiger partial charge is 0.407 e. The van der Waals surface area contributed by atoms with Crippen molar-refractivity contribution in [2.75, 3.05) is 0 Å². The highest BCUT2D eigenvalue weighted by atomic mass is 19.4. The minimum Gasteiger partial charge on any atom is -0.298 e. The number of rotatable bonds is 2. The molecule has 0 aromatic heterocycles. The Hall–Kier alpha value is -0.750. The molecule has 18 heavy (non-hydrogen) atoms. The van der Waals surface area contributed by atoms with E-state index >= 15 is 0 Å². The Bertz CT molecular complexity index is 284. The summed E-state index contributed by atoms with van der Waals surface area (Å²) in [5.41, 5.74) is 0. The van der Waals surface area contributed by atoms with Gasteiger partial charge in [-0.1, -0.05) is 19.8 Å². The van der Waals surface area contributed by atoms with Gasteiger partial charge >= 0.3 is 12.4 Å². The third kappa shape index (κ3) is 3.62. The Labute approximate surface area is 101 Å². The van der Waals surface area contributed by atoms with Gasteiger partial charge in [-0.05, 0) is 18.8 Å². The third-order valence-corrected chi connectivity index (χ3v) is 3.36. The standard InChI is InChI=1S/C11H14F6O/c1-6-2-4-7(5-3-6)8(18)9(10(12,13)14)11(15,16)17/h6-7,9H,2-5H2,1H3. The minimum atomic E-state index is -5.56. The van der Waals surface area contributed by atoms with E-state index in [2.05, 4.69) is 0 Å². The van der Waals surface area contributed by atoms with Gasteiger partial charge in [0.25, 0.3) is 0 Å². The van der Waals surface area contributed by atoms with Crippen molar-refractivity contribution in [3.63, 3.8) is 0 Å². The fourth-order valence-corrected chi connectivity index (χ4v) is 2.29. The molecule has 0 N–H and O–H groups in total. The summed E-state index contributed by atoms with van der Waals surface area (Å²) < 4.78 is 74.1. The molecule has 0 aliphatic heterocycles. The van der Waals surface area contributed by atoms with Crippen LogP contribution in [0.5, 0.6) is 0 Å². The molecule has 0 radical (unpaired) electrons. The quantitative estimate of drug-likeness (QED) is 0.693. The highest BCUT2D eigenvalue weighted by Crippen LogP contribution is 2.43. The summed E-state index contributed by atoms with van der Waals surface area (Å²) >= 11 is 0. The first-order chi connectivity index (χ1) is 8.03. The maximum Gasteiger partial charge on any atom is 0.407 e. The summed E-state index contributed by atoms with van der Waals surface area (Å²) in [6, 6.07) is 0. The van der Waals surface area contributed by atoms with Crippen molar-refractivity contribution in [1.29, 1.82) is 0 Å². The van der Waals surface area contributed by atoms with Crippen LogP contribution in [0.1, 0.15) is 32.6 Å². The Balaban J connectivity index is 2.84. The molecule has 0 saturated heterocycles. The maximum absolute atomic E-state index is 12.4. The van der Waals surface area contributed by atoms with Gasteiger partial charge in [0.15, 0.2) is 5.78 Å². The van der Waals surface area contributed by atoms with E-state index in [1.54, 1.807) is 0 Å². The lowest BCUT2D eigenvalue weighted by molar-refractivity contribution is -0.275. The van der Waals surface area contributed by atoms with Gasteiger partial charge in [-0.15, -0.1) is 0 Å². The van der Waals surface area contributed by atoms with Crippen LogP contribution in [0.25, 0.3) is 0 Å². The van der Waals surface area contributed by atoms with E-state index in [1.807, 2.05) is 6.92 Å². The molecule has 0 heterocycles. The molecule has 0 bridgehead atoms. The first-order valence-corrected chi connectivity index (χ1v) is 5.70. The van der Waals surface area contributed by atoms with Gasteiger partial charge < -0.3 is 0 Å². The van der Waals surface area contributed by atoms with Crippen molar-refractivity contribution in [3.8, 4) is 0 Å². The van der Waals surface area contributed by atoms with Gasteiger partial charge in [0.1, 0.15) is 0 Å². The molecule has 106 valence electrons. The molecule has 0 unspecified atom stereocenters. The van der Waals surface area contributed by atoms with Crippen LogP contribution in [0.3, 0.4) is 0 Å². The van der Waals surface area contributed by atoms with Crippen LogP contribution in [0.2, 0.25) is 0 Å². The average Bonchev–Trinajstić information content (AvgIpc) is 2.13. The monoisotopic (exact) mass is 276 g/mol. The zero-order chi connectivity index (χ0) is 14.1. The molecule has 0 spiro atoms. The van der Waals surface area contributed by atoms with Crippen LogP contribution in [0, 0.1) is 17.8 Å². The van der Waals surface area contributed by atoms with Crippen molar-refractivity contribution in [3.05, 3.63) is 0 Å². The number of halogens is 6. The summed E-state index contributed by atoms with van der Waals surface area (Å²) in [5.74, 6) is -6.41. The van der Waals surface area contributed by atoms with E-state index in [4.69, 9.17) is 0 Å². The first-order valence-electron chi connectivity index (χ1n) is 5.70. The van der Waals surface area contributed by atoms with Crippen LogP contribution in [-0.2, 0) is 4.79 Å². The van der Waals surface area contributed by atoms with Gasteiger partial charge in [-0.25, -0.2) is 0 Å². The highest BCUT2D eigenvalue weighted by molar-refractivity contribution is 5.85. The molecule has 1 aliphatic rings. The third-order valence-electron chi connectivity index (χ3n) is 3.36. The van der Waals surface area contributed by atoms with Crippen molar-refractivity contribution in [2.45, 2.75) is 45.0 Å². The van der Waals surface area contributed by atoms with E-state index in [0.29, 0.717) is 12.8 Å². The van der Waals surface area contributed by atoms with Crippen molar-refractivity contribution in [2.24, 2.45) is 17.8 Å². The van der Waals surface area contributed by atoms with Crippen LogP contribution in [0.4, 0.5) is 26.3 Å². The lowest BCUT2D eigenvalue weighted by atomic mass is 9.77. The van der Waals surface area contributed by atoms with Crippen LogP contribution in [-0.4, -0.2) is 18.1 Å². The number of alkyl halides is 6. The van der Waals surface area contributed by atoms with Crippen molar-refractivity contribution >= 4 is 5.78 Å². The van der Waals surface area contributed by atoms with Crippen LogP contribution in [0.15, 0.2) is 0 Å². The van der Waals surface area contributed by atoms with E-state index in [1.165, 1.54) is 0 Å². The average molecular weight is 276 g/mol. The number of carbonyl (C=O) groups is 1. The fourth-order valence-electron chi connectivity index (χ4n) is 2.29. The SMILES string of the molecule is CC1CCC(C(=O)C(C(F)(F)F)C(F)(F)F)CC1. The van der Waals surface area contributed by atoms with Crippen molar-refractivity contribution in [1.82, 2.24) is 0 Å². The van der Waals surface area contributed by atoms with Gasteiger partial charge in [0, 0.05) is 5.92 Å². The predicted octanol–water partition coefficient (Wildman–Crippen LogP) is 4.12. The molecule has 1 fully saturated rings. The molecule has 0 atom stereocenters. The second-order valence-electron chi connectivity index (χ2n) is 4.88. The Morgan fingerprint density at radius 1 is 0.944 bits per heavy atom. The summed E-state index contributed by atoms with van der Waals surface area (Å²) in [4.78, 5) is 11.5. The first kappa shape index (κ1) is 15.3. The maximum atomic E-state index is 12.4. The zero-order valence-electron chi connectivity index (χ0n) is 9.74. The Morgan fingerprint density at radius 2 is 1.33 bits per heavy atom. The lowest BCUT2D eigenvalue weighted by Gasteiger charge is -2.30. The van der Waals surface area contributed by atoms with Crippen LogP contribution < -0.4 is 0 Å². The van der Waals surface area contributed by atoms with E-state index in [0.717, 1.165) is 0 Å². The molecule has 1 nitrogen and oxygen atoms in total. The van der Waals surface area contributed by atoms with Gasteiger partial charge in [0.05, 0.1) is 0 Å². The molecule has 0 aromatic carbocycles. The smallest absolute Gasteiger partial charge is 0.298 e. The summed E-state index contributed by atoms with van der Waals surface area (Å²) in [5, 5.41) is 0. The fraction of sp³-hybridized carbons (Fsp3) is 0.909. The summed E-state index contributed by atoms with van der Waals surface area (Å²) in [6.07, 6.45) is -9.89. The Morgan fingerprint density at radius 3 is 1.67 bits per heavy atom. The van der Waals surface area contributed by atoms with Gasteiger partial charge in [-0.2, -0.15) is 26.3 Å². The molecular formula is C11H14F6O. The van der Waals surface area contributed by atoms with Gasteiger partial charge in [0.2, 0.25) is 5.92 Å². The number of hydrogen-bond acceptors (Lipinski definition) is 1. The Kier molecular flexibility index (Phi) is 4.33. The molecule has 0 aromatic rings. The molecule has 0 amide bonds. The summed E-state index contributed by atoms with van der Waals surface area (Å²) in [6.45, 7) is 1.87. The number of ketones is 1. The van der Waals surface area contributed by atoms with Crippen molar-refractivity contribution < 1.29 is 31.1 Å². The minimum absolute atomic E-state index is 0.114. The van der Waals surface area contributed by atoms with Crippen LogP contribution >= 0.6 is 0 Å². The second-order valence-corrected chi connectivity index (χ2v) is 4.88. The molecule has 1 saturated carbocycles. The molecule has 7 heteroatoms. The lowest BCUT2D eigenvalue weighted by Crippen LogP contribution is -2.45. The number of carbonyl (C=O) groups excluding carboxylic acids is 1.